The quantitative estimate of drug-likeness (QED) is 0.693. The first-order valence-corrected chi connectivity index (χ1v) is 8.97. The molecule has 0 bridgehead atoms. The zero-order valence-corrected chi connectivity index (χ0v) is 15.5. The molecule has 0 amide bonds. The van der Waals surface area contributed by atoms with Gasteiger partial charge in [-0.05, 0) is 32.1 Å². The molecule has 0 N–H and O–H groups in total. The lowest BCUT2D eigenvalue weighted by Gasteiger charge is -2.30. The Morgan fingerprint density at radius 3 is 2.27 bits per heavy atom. The van der Waals surface area contributed by atoms with E-state index in [4.69, 9.17) is 9.47 Å². The third-order valence-corrected chi connectivity index (χ3v) is 4.68. The molecule has 0 spiro atoms. The monoisotopic (exact) mass is 330 g/mol. The van der Waals surface area contributed by atoms with E-state index in [-0.39, 0.29) is 27.9 Å². The summed E-state index contributed by atoms with van der Waals surface area (Å²) in [4.78, 5) is 24.9. The van der Waals surface area contributed by atoms with Crippen molar-refractivity contribution in [1.82, 2.24) is 0 Å². The van der Waals surface area contributed by atoms with E-state index in [1.807, 2.05) is 34.6 Å². The highest BCUT2D eigenvalue weighted by molar-refractivity contribution is 8.14. The van der Waals surface area contributed by atoms with Crippen LogP contribution in [0.5, 0.6) is 0 Å². The Morgan fingerprint density at radius 2 is 1.82 bits per heavy atom. The van der Waals surface area contributed by atoms with Gasteiger partial charge in [-0.25, -0.2) is 0 Å². The average molecular weight is 330 g/mol. The number of hydrogen-bond donors (Lipinski definition) is 0. The van der Waals surface area contributed by atoms with E-state index >= 15 is 0 Å². The Hall–Kier alpha value is -0.390. The number of Topliss-reactive ketones (excluding diaryl/α,β-unsaturated/α-hetero) is 1. The number of hydrogen-bond acceptors (Lipinski definition) is 5. The highest BCUT2D eigenvalue weighted by Gasteiger charge is 2.35. The van der Waals surface area contributed by atoms with Crippen molar-refractivity contribution in [2.75, 3.05) is 6.61 Å². The van der Waals surface area contributed by atoms with E-state index in [0.717, 1.165) is 19.3 Å². The zero-order valence-electron chi connectivity index (χ0n) is 14.7. The lowest BCUT2D eigenvalue weighted by atomic mass is 9.95. The molecule has 0 aromatic rings. The normalized spacial score (nSPS) is 22.4. The third kappa shape index (κ3) is 6.39. The molecule has 4 nitrogen and oxygen atoms in total. The lowest BCUT2D eigenvalue weighted by molar-refractivity contribution is -0.199. The van der Waals surface area contributed by atoms with E-state index in [9.17, 15) is 9.59 Å². The van der Waals surface area contributed by atoms with E-state index in [1.165, 1.54) is 11.8 Å². The van der Waals surface area contributed by atoms with Gasteiger partial charge < -0.3 is 9.47 Å². The maximum Gasteiger partial charge on any atom is 0.199 e. The van der Waals surface area contributed by atoms with E-state index in [1.54, 1.807) is 6.92 Å². The molecule has 1 aliphatic rings. The maximum atomic E-state index is 12.7. The van der Waals surface area contributed by atoms with Crippen LogP contribution in [0.15, 0.2) is 0 Å². The molecule has 0 radical (unpaired) electrons. The molecular formula is C17H30O4S. The summed E-state index contributed by atoms with van der Waals surface area (Å²) in [6.07, 6.45) is 2.01. The van der Waals surface area contributed by atoms with Crippen molar-refractivity contribution in [1.29, 1.82) is 0 Å². The Kier molecular flexibility index (Phi) is 7.56. The molecule has 0 aromatic carbocycles. The van der Waals surface area contributed by atoms with Crippen molar-refractivity contribution in [2.24, 2.45) is 11.8 Å². The predicted octanol–water partition coefficient (Wildman–Crippen LogP) is 3.82. The van der Waals surface area contributed by atoms with Crippen LogP contribution in [0.4, 0.5) is 0 Å². The van der Waals surface area contributed by atoms with Gasteiger partial charge in [-0.3, -0.25) is 9.59 Å². The fraction of sp³-hybridized carbons (Fsp3) is 0.882. The van der Waals surface area contributed by atoms with Gasteiger partial charge in [0.25, 0.3) is 0 Å². The second-order valence-corrected chi connectivity index (χ2v) is 9.09. The third-order valence-electron chi connectivity index (χ3n) is 3.51. The number of ether oxygens (including phenoxy) is 2. The minimum atomic E-state index is -0.653. The van der Waals surface area contributed by atoms with Crippen molar-refractivity contribution in [2.45, 2.75) is 77.9 Å². The molecule has 1 rings (SSSR count). The average Bonchev–Trinajstić information content (AvgIpc) is 2.42. The van der Waals surface area contributed by atoms with E-state index in [0.29, 0.717) is 6.61 Å². The molecule has 1 aliphatic heterocycles. The molecule has 1 fully saturated rings. The molecule has 3 atom stereocenters. The van der Waals surface area contributed by atoms with Crippen molar-refractivity contribution in [3.63, 3.8) is 0 Å². The van der Waals surface area contributed by atoms with Crippen molar-refractivity contribution in [3.05, 3.63) is 0 Å². The smallest absolute Gasteiger partial charge is 0.199 e. The van der Waals surface area contributed by atoms with Gasteiger partial charge in [-0.15, -0.1) is 0 Å². The summed E-state index contributed by atoms with van der Waals surface area (Å²) in [6.45, 7) is 12.2. The minimum absolute atomic E-state index is 0.0212. The largest absolute Gasteiger partial charge is 0.353 e. The van der Waals surface area contributed by atoms with Crippen molar-refractivity contribution >= 4 is 22.7 Å². The van der Waals surface area contributed by atoms with Crippen LogP contribution in [0.2, 0.25) is 0 Å². The second-order valence-electron chi connectivity index (χ2n) is 7.25. The fourth-order valence-corrected chi connectivity index (χ4v) is 3.18. The topological polar surface area (TPSA) is 52.6 Å². The number of ketones is 1. The molecular weight excluding hydrogens is 300 g/mol. The number of carbonyl (C=O) groups excluding carboxylic acids is 2. The fourth-order valence-electron chi connectivity index (χ4n) is 2.29. The maximum absolute atomic E-state index is 12.7. The Labute approximate surface area is 138 Å². The van der Waals surface area contributed by atoms with Crippen LogP contribution in [0.3, 0.4) is 0 Å². The first-order valence-electron chi connectivity index (χ1n) is 8.15. The SMILES string of the molecule is CC(C(=O)SC(C)(C)C)C(=O)[C@@H](OC1CCCCO1)C(C)C. The van der Waals surface area contributed by atoms with Crippen LogP contribution in [0, 0.1) is 11.8 Å². The van der Waals surface area contributed by atoms with Gasteiger partial charge in [0.1, 0.15) is 6.10 Å². The first-order chi connectivity index (χ1) is 10.1. The van der Waals surface area contributed by atoms with Crippen molar-refractivity contribution < 1.29 is 19.1 Å². The summed E-state index contributed by atoms with van der Waals surface area (Å²) in [5, 5.41) is -0.0867. The van der Waals surface area contributed by atoms with Crippen LogP contribution >= 0.6 is 11.8 Å². The molecule has 128 valence electrons. The van der Waals surface area contributed by atoms with Gasteiger partial charge in [0.15, 0.2) is 17.2 Å². The highest BCUT2D eigenvalue weighted by Crippen LogP contribution is 2.29. The Morgan fingerprint density at radius 1 is 1.18 bits per heavy atom. The minimum Gasteiger partial charge on any atom is -0.353 e. The molecule has 22 heavy (non-hydrogen) atoms. The zero-order chi connectivity index (χ0) is 16.9. The van der Waals surface area contributed by atoms with E-state index < -0.39 is 12.0 Å². The van der Waals surface area contributed by atoms with Gasteiger partial charge in [-0.2, -0.15) is 0 Å². The summed E-state index contributed by atoms with van der Waals surface area (Å²) < 4.78 is 11.3. The summed E-state index contributed by atoms with van der Waals surface area (Å²) in [5.74, 6) is -0.765. The molecule has 2 unspecified atom stereocenters. The number of carbonyl (C=O) groups is 2. The lowest BCUT2D eigenvalue weighted by Crippen LogP contribution is -2.40. The van der Waals surface area contributed by atoms with Crippen LogP contribution in [0.25, 0.3) is 0 Å². The summed E-state index contributed by atoms with van der Waals surface area (Å²) >= 11 is 1.22. The molecule has 1 saturated heterocycles. The van der Waals surface area contributed by atoms with Crippen LogP contribution in [-0.2, 0) is 19.1 Å². The molecule has 1 heterocycles. The second kappa shape index (κ2) is 8.46. The van der Waals surface area contributed by atoms with Gasteiger partial charge in [-0.1, -0.05) is 46.4 Å². The Bertz CT molecular complexity index is 381. The summed E-state index contributed by atoms with van der Waals surface area (Å²) in [7, 11) is 0. The van der Waals surface area contributed by atoms with Crippen LogP contribution < -0.4 is 0 Å². The van der Waals surface area contributed by atoms with Crippen LogP contribution in [0.1, 0.15) is 60.8 Å². The molecule has 0 aliphatic carbocycles. The molecule has 0 aromatic heterocycles. The van der Waals surface area contributed by atoms with Gasteiger partial charge in [0, 0.05) is 11.4 Å². The predicted molar refractivity (Wildman–Crippen MR) is 89.8 cm³/mol. The van der Waals surface area contributed by atoms with Gasteiger partial charge >= 0.3 is 0 Å². The standard InChI is InChI=1S/C17H30O4S/c1-11(2)15(21-13-9-7-8-10-20-13)14(18)12(3)16(19)22-17(4,5)6/h11-13,15H,7-10H2,1-6H3/t12?,13?,15-/m0/s1. The molecule has 0 saturated carbocycles. The highest BCUT2D eigenvalue weighted by atomic mass is 32.2. The Balaban J connectivity index is 2.69. The van der Waals surface area contributed by atoms with Gasteiger partial charge in [0.2, 0.25) is 0 Å². The number of thioether (sulfide) groups is 1. The van der Waals surface area contributed by atoms with Gasteiger partial charge in [0.05, 0.1) is 5.92 Å². The first kappa shape index (κ1) is 19.7. The van der Waals surface area contributed by atoms with Crippen molar-refractivity contribution in [3.8, 4) is 0 Å². The number of rotatable bonds is 6. The van der Waals surface area contributed by atoms with Crippen LogP contribution in [-0.4, -0.2) is 34.6 Å². The summed E-state index contributed by atoms with van der Waals surface area (Å²) in [6, 6.07) is 0. The molecule has 5 heteroatoms. The summed E-state index contributed by atoms with van der Waals surface area (Å²) in [5.41, 5.74) is 0. The van der Waals surface area contributed by atoms with E-state index in [2.05, 4.69) is 0 Å².